The highest BCUT2D eigenvalue weighted by molar-refractivity contribution is 5.91. The Bertz CT molecular complexity index is 834. The molecule has 7 nitrogen and oxygen atoms in total. The number of hydrogen-bond acceptors (Lipinski definition) is 7. The summed E-state index contributed by atoms with van der Waals surface area (Å²) in [5.74, 6) is -1.95. The summed E-state index contributed by atoms with van der Waals surface area (Å²) in [6.45, 7) is 1.14. The van der Waals surface area contributed by atoms with Crippen LogP contribution in [-0.2, 0) is 19.0 Å². The number of carbonyl (C=O) groups is 3. The third kappa shape index (κ3) is 3.98. The zero-order valence-electron chi connectivity index (χ0n) is 14.7. The first-order valence-electron chi connectivity index (χ1n) is 8.38. The van der Waals surface area contributed by atoms with E-state index in [-0.39, 0.29) is 6.61 Å². The minimum absolute atomic E-state index is 0.279. The number of carbonyl (C=O) groups excluding carboxylic acids is 3. The van der Waals surface area contributed by atoms with Crippen LogP contribution < -0.4 is 5.73 Å². The third-order valence-corrected chi connectivity index (χ3v) is 4.26. The van der Waals surface area contributed by atoms with E-state index in [1.165, 1.54) is 6.92 Å². The van der Waals surface area contributed by atoms with E-state index in [0.717, 1.165) is 0 Å². The summed E-state index contributed by atoms with van der Waals surface area (Å²) in [6.07, 6.45) is -2.09. The molecule has 3 atom stereocenters. The van der Waals surface area contributed by atoms with Crippen molar-refractivity contribution in [2.75, 3.05) is 6.61 Å². The maximum atomic E-state index is 12.3. The molecule has 0 bridgehead atoms. The van der Waals surface area contributed by atoms with Crippen LogP contribution in [0.3, 0.4) is 0 Å². The van der Waals surface area contributed by atoms with Crippen LogP contribution in [0.2, 0.25) is 0 Å². The van der Waals surface area contributed by atoms with Gasteiger partial charge in [0, 0.05) is 0 Å². The quantitative estimate of drug-likeness (QED) is 0.632. The number of hydrogen-bond donors (Lipinski definition) is 1. The molecule has 1 aliphatic rings. The van der Waals surface area contributed by atoms with Crippen molar-refractivity contribution in [3.05, 3.63) is 71.8 Å². The van der Waals surface area contributed by atoms with E-state index in [0.29, 0.717) is 11.1 Å². The summed E-state index contributed by atoms with van der Waals surface area (Å²) in [5, 5.41) is 0. The number of esters is 3. The molecule has 1 aliphatic heterocycles. The van der Waals surface area contributed by atoms with Crippen LogP contribution >= 0.6 is 0 Å². The van der Waals surface area contributed by atoms with E-state index in [1.807, 2.05) is 0 Å². The molecule has 0 aliphatic carbocycles. The van der Waals surface area contributed by atoms with Crippen molar-refractivity contribution >= 4 is 17.9 Å². The molecule has 1 fully saturated rings. The van der Waals surface area contributed by atoms with Crippen molar-refractivity contribution in [2.45, 2.75) is 24.7 Å². The molecular weight excluding hydrogens is 350 g/mol. The van der Waals surface area contributed by atoms with E-state index in [9.17, 15) is 14.4 Å². The SMILES string of the molecule is C[C@]1(N)C(=O)O[C@H](COC(=O)c2ccccc2)[C@H]1OC(=O)c1ccccc1. The van der Waals surface area contributed by atoms with Crippen molar-refractivity contribution in [1.29, 1.82) is 0 Å². The van der Waals surface area contributed by atoms with Crippen LogP contribution in [0.4, 0.5) is 0 Å². The second kappa shape index (κ2) is 7.59. The zero-order chi connectivity index (χ0) is 19.4. The van der Waals surface area contributed by atoms with Crippen molar-refractivity contribution in [3.63, 3.8) is 0 Å². The molecule has 7 heteroatoms. The van der Waals surface area contributed by atoms with Gasteiger partial charge in [-0.15, -0.1) is 0 Å². The molecule has 0 spiro atoms. The average molecular weight is 369 g/mol. The average Bonchev–Trinajstić information content (AvgIpc) is 2.90. The molecule has 27 heavy (non-hydrogen) atoms. The highest BCUT2D eigenvalue weighted by atomic mass is 16.6. The van der Waals surface area contributed by atoms with E-state index >= 15 is 0 Å². The predicted molar refractivity (Wildman–Crippen MR) is 94.8 cm³/mol. The first-order valence-corrected chi connectivity index (χ1v) is 8.38. The van der Waals surface area contributed by atoms with Crippen LogP contribution in [0.25, 0.3) is 0 Å². The Morgan fingerprint density at radius 3 is 2.07 bits per heavy atom. The van der Waals surface area contributed by atoms with E-state index in [1.54, 1.807) is 60.7 Å². The molecule has 2 aromatic rings. The summed E-state index contributed by atoms with van der Waals surface area (Å²) < 4.78 is 15.8. The normalized spacial score (nSPS) is 24.1. The van der Waals surface area contributed by atoms with Crippen LogP contribution in [-0.4, -0.2) is 42.3 Å². The third-order valence-electron chi connectivity index (χ3n) is 4.26. The Kier molecular flexibility index (Phi) is 5.23. The summed E-state index contributed by atoms with van der Waals surface area (Å²) in [6, 6.07) is 16.7. The van der Waals surface area contributed by atoms with Gasteiger partial charge >= 0.3 is 17.9 Å². The fourth-order valence-corrected chi connectivity index (χ4v) is 2.72. The summed E-state index contributed by atoms with van der Waals surface area (Å²) >= 11 is 0. The summed E-state index contributed by atoms with van der Waals surface area (Å²) in [4.78, 5) is 36.5. The molecule has 0 aromatic heterocycles. The Balaban J connectivity index is 1.70. The Labute approximate surface area is 156 Å². The van der Waals surface area contributed by atoms with Gasteiger partial charge in [0.05, 0.1) is 11.1 Å². The Hall–Kier alpha value is -3.19. The predicted octanol–water partition coefficient (Wildman–Crippen LogP) is 1.71. The smallest absolute Gasteiger partial charge is 0.338 e. The molecule has 3 rings (SSSR count). The molecule has 0 saturated carbocycles. The van der Waals surface area contributed by atoms with Crippen molar-refractivity contribution < 1.29 is 28.6 Å². The maximum absolute atomic E-state index is 12.3. The van der Waals surface area contributed by atoms with Gasteiger partial charge in [-0.3, -0.25) is 0 Å². The van der Waals surface area contributed by atoms with Gasteiger partial charge in [0.2, 0.25) is 0 Å². The fourth-order valence-electron chi connectivity index (χ4n) is 2.72. The lowest BCUT2D eigenvalue weighted by Crippen LogP contribution is -2.54. The minimum Gasteiger partial charge on any atom is -0.458 e. The van der Waals surface area contributed by atoms with Crippen LogP contribution in [0.5, 0.6) is 0 Å². The van der Waals surface area contributed by atoms with Gasteiger partial charge in [-0.25, -0.2) is 14.4 Å². The molecule has 0 unspecified atom stereocenters. The molecule has 1 heterocycles. The van der Waals surface area contributed by atoms with Gasteiger partial charge in [-0.2, -0.15) is 0 Å². The van der Waals surface area contributed by atoms with Gasteiger partial charge in [0.25, 0.3) is 0 Å². The van der Waals surface area contributed by atoms with Gasteiger partial charge in [-0.1, -0.05) is 36.4 Å². The molecular formula is C20H19NO6. The Morgan fingerprint density at radius 1 is 1.00 bits per heavy atom. The Morgan fingerprint density at radius 2 is 1.52 bits per heavy atom. The van der Waals surface area contributed by atoms with E-state index < -0.39 is 35.7 Å². The first kappa shape index (κ1) is 18.6. The maximum Gasteiger partial charge on any atom is 0.338 e. The number of nitrogens with two attached hydrogens (primary N) is 1. The molecule has 1 saturated heterocycles. The van der Waals surface area contributed by atoms with Gasteiger partial charge in [0.15, 0.2) is 17.7 Å². The van der Waals surface area contributed by atoms with Gasteiger partial charge in [0.1, 0.15) is 6.61 Å². The zero-order valence-corrected chi connectivity index (χ0v) is 14.7. The lowest BCUT2D eigenvalue weighted by Gasteiger charge is -2.25. The number of ether oxygens (including phenoxy) is 3. The standard InChI is InChI=1S/C20H19NO6/c1-20(21)16(27-18(23)14-10-6-3-7-11-14)15(26-19(20)24)12-25-17(22)13-8-4-2-5-9-13/h2-11,15-16H,12,21H2,1H3/t15-,16-,20-/m1/s1. The van der Waals surface area contributed by atoms with Gasteiger partial charge in [-0.05, 0) is 31.2 Å². The van der Waals surface area contributed by atoms with Crippen molar-refractivity contribution in [1.82, 2.24) is 0 Å². The topological polar surface area (TPSA) is 105 Å². The minimum atomic E-state index is -1.55. The number of cyclic esters (lactones) is 1. The second-order valence-electron chi connectivity index (χ2n) is 6.38. The molecule has 0 amide bonds. The largest absolute Gasteiger partial charge is 0.458 e. The molecule has 2 N–H and O–H groups in total. The monoisotopic (exact) mass is 369 g/mol. The number of rotatable bonds is 5. The highest BCUT2D eigenvalue weighted by Crippen LogP contribution is 2.28. The lowest BCUT2D eigenvalue weighted by atomic mass is 9.95. The molecule has 0 radical (unpaired) electrons. The first-order chi connectivity index (χ1) is 12.9. The van der Waals surface area contributed by atoms with Crippen molar-refractivity contribution in [2.24, 2.45) is 5.73 Å². The van der Waals surface area contributed by atoms with Gasteiger partial charge < -0.3 is 19.9 Å². The van der Waals surface area contributed by atoms with Crippen molar-refractivity contribution in [3.8, 4) is 0 Å². The summed E-state index contributed by atoms with van der Waals surface area (Å²) in [7, 11) is 0. The van der Waals surface area contributed by atoms with E-state index in [2.05, 4.69) is 0 Å². The van der Waals surface area contributed by atoms with Crippen LogP contribution in [0, 0.1) is 0 Å². The van der Waals surface area contributed by atoms with E-state index in [4.69, 9.17) is 19.9 Å². The fraction of sp³-hybridized carbons (Fsp3) is 0.250. The molecule has 140 valence electrons. The van der Waals surface area contributed by atoms with Crippen LogP contribution in [0.1, 0.15) is 27.6 Å². The lowest BCUT2D eigenvalue weighted by molar-refractivity contribution is -0.146. The molecule has 2 aromatic carbocycles. The second-order valence-corrected chi connectivity index (χ2v) is 6.38. The summed E-state index contributed by atoms with van der Waals surface area (Å²) in [5.41, 5.74) is 5.13. The van der Waals surface area contributed by atoms with Crippen LogP contribution in [0.15, 0.2) is 60.7 Å². The number of benzene rings is 2. The highest BCUT2D eigenvalue weighted by Gasteiger charge is 2.55.